The number of aryl methyl sites for hydroxylation is 1. The average Bonchev–Trinajstić information content (AvgIpc) is 3.47. The van der Waals surface area contributed by atoms with Crippen molar-refractivity contribution in [3.8, 4) is 16.9 Å². The molecule has 0 spiro atoms. The van der Waals surface area contributed by atoms with Gasteiger partial charge in [0.1, 0.15) is 29.1 Å². The maximum absolute atomic E-state index is 13.1. The van der Waals surface area contributed by atoms with Gasteiger partial charge in [0.2, 0.25) is 0 Å². The molecule has 0 radical (unpaired) electrons. The minimum atomic E-state index is -0.247. The SMILES string of the molecule is COc1cc(-c2coc3c(C=CC=O)cnc(N)c23)ccc1NC(=O)c1cc2ccccc2n1C. The third-order valence-electron chi connectivity index (χ3n) is 5.95. The number of methoxy groups -OCH3 is 1. The van der Waals surface area contributed by atoms with Crippen LogP contribution in [0, 0.1) is 0 Å². The van der Waals surface area contributed by atoms with Crippen molar-refractivity contribution in [2.24, 2.45) is 7.05 Å². The number of allylic oxidation sites excluding steroid dienone is 1. The molecule has 5 aromatic rings. The summed E-state index contributed by atoms with van der Waals surface area (Å²) in [5.74, 6) is 0.537. The van der Waals surface area contributed by atoms with Crippen molar-refractivity contribution in [2.45, 2.75) is 0 Å². The molecule has 0 saturated carbocycles. The van der Waals surface area contributed by atoms with E-state index in [0.29, 0.717) is 45.8 Å². The summed E-state index contributed by atoms with van der Waals surface area (Å²) in [6.07, 6.45) is 6.80. The summed E-state index contributed by atoms with van der Waals surface area (Å²) in [4.78, 5) is 28.0. The Morgan fingerprint density at radius 1 is 1.20 bits per heavy atom. The smallest absolute Gasteiger partial charge is 0.272 e. The first kappa shape index (κ1) is 22.0. The number of nitrogens with two attached hydrogens (primary N) is 1. The zero-order chi connectivity index (χ0) is 24.5. The minimum Gasteiger partial charge on any atom is -0.495 e. The fourth-order valence-electron chi connectivity index (χ4n) is 4.22. The van der Waals surface area contributed by atoms with Crippen LogP contribution in [0.25, 0.3) is 39.1 Å². The highest BCUT2D eigenvalue weighted by Gasteiger charge is 2.18. The summed E-state index contributed by atoms with van der Waals surface area (Å²) in [7, 11) is 3.40. The number of carbonyl (C=O) groups excluding carboxylic acids is 2. The average molecular weight is 466 g/mol. The van der Waals surface area contributed by atoms with Crippen molar-refractivity contribution in [1.29, 1.82) is 0 Å². The van der Waals surface area contributed by atoms with Gasteiger partial charge in [0.05, 0.1) is 24.4 Å². The van der Waals surface area contributed by atoms with E-state index in [-0.39, 0.29) is 5.91 Å². The molecule has 0 bridgehead atoms. The molecule has 3 N–H and O–H groups in total. The number of carbonyl (C=O) groups is 2. The summed E-state index contributed by atoms with van der Waals surface area (Å²) < 4.78 is 13.2. The van der Waals surface area contributed by atoms with Gasteiger partial charge < -0.3 is 24.8 Å². The number of nitrogens with one attached hydrogen (secondary N) is 1. The van der Waals surface area contributed by atoms with Crippen molar-refractivity contribution < 1.29 is 18.7 Å². The van der Waals surface area contributed by atoms with E-state index < -0.39 is 0 Å². The van der Waals surface area contributed by atoms with Crippen LogP contribution in [0.3, 0.4) is 0 Å². The minimum absolute atomic E-state index is 0.247. The molecule has 1 amide bonds. The van der Waals surface area contributed by atoms with Gasteiger partial charge in [-0.25, -0.2) is 4.98 Å². The van der Waals surface area contributed by atoms with Gasteiger partial charge in [-0.2, -0.15) is 0 Å². The molecule has 0 aliphatic rings. The molecule has 3 aromatic heterocycles. The monoisotopic (exact) mass is 466 g/mol. The Balaban J connectivity index is 1.51. The topological polar surface area (TPSA) is 112 Å². The van der Waals surface area contributed by atoms with Gasteiger partial charge >= 0.3 is 0 Å². The van der Waals surface area contributed by atoms with Crippen LogP contribution in [-0.2, 0) is 11.8 Å². The number of para-hydroxylation sites is 1. The number of aromatic nitrogens is 2. The number of fused-ring (bicyclic) bond motifs is 2. The number of nitrogen functional groups attached to an aromatic ring is 1. The van der Waals surface area contributed by atoms with Gasteiger partial charge in [-0.15, -0.1) is 0 Å². The van der Waals surface area contributed by atoms with Crippen molar-refractivity contribution in [1.82, 2.24) is 9.55 Å². The number of anilines is 2. The van der Waals surface area contributed by atoms with Crippen LogP contribution in [0.4, 0.5) is 11.5 Å². The second-order valence-corrected chi connectivity index (χ2v) is 7.96. The molecule has 0 atom stereocenters. The van der Waals surface area contributed by atoms with Crippen molar-refractivity contribution >= 4 is 51.6 Å². The molecule has 3 heterocycles. The van der Waals surface area contributed by atoms with Crippen molar-refractivity contribution in [3.05, 3.63) is 78.3 Å². The lowest BCUT2D eigenvalue weighted by Gasteiger charge is -2.12. The molecule has 35 heavy (non-hydrogen) atoms. The Labute approximate surface area is 200 Å². The molecule has 2 aromatic carbocycles. The number of nitrogens with zero attached hydrogens (tertiary/aromatic N) is 2. The molecule has 0 aliphatic heterocycles. The van der Waals surface area contributed by atoms with E-state index in [0.717, 1.165) is 22.0 Å². The Bertz CT molecular complexity index is 1630. The first-order chi connectivity index (χ1) is 17.0. The lowest BCUT2D eigenvalue weighted by Crippen LogP contribution is -2.16. The molecule has 8 nitrogen and oxygen atoms in total. The summed E-state index contributed by atoms with van der Waals surface area (Å²) in [6, 6.07) is 15.1. The van der Waals surface area contributed by atoms with Gasteiger partial charge in [0.15, 0.2) is 0 Å². The number of furan rings is 1. The maximum atomic E-state index is 13.1. The van der Waals surface area contributed by atoms with E-state index in [2.05, 4.69) is 10.3 Å². The van der Waals surface area contributed by atoms with Crippen LogP contribution >= 0.6 is 0 Å². The third-order valence-corrected chi connectivity index (χ3v) is 5.95. The van der Waals surface area contributed by atoms with E-state index in [9.17, 15) is 9.59 Å². The number of hydrogen-bond acceptors (Lipinski definition) is 6. The highest BCUT2D eigenvalue weighted by Crippen LogP contribution is 2.38. The van der Waals surface area contributed by atoms with Crippen LogP contribution in [0.5, 0.6) is 5.75 Å². The zero-order valence-electron chi connectivity index (χ0n) is 19.1. The van der Waals surface area contributed by atoms with Crippen LogP contribution in [-0.4, -0.2) is 28.9 Å². The molecular formula is C27H22N4O4. The van der Waals surface area contributed by atoms with Gasteiger partial charge in [0, 0.05) is 35.3 Å². The van der Waals surface area contributed by atoms with Crippen LogP contribution < -0.4 is 15.8 Å². The molecule has 5 rings (SSSR count). The largest absolute Gasteiger partial charge is 0.495 e. The zero-order valence-corrected chi connectivity index (χ0v) is 19.1. The predicted molar refractivity (Wildman–Crippen MR) is 136 cm³/mol. The lowest BCUT2D eigenvalue weighted by atomic mass is 10.0. The number of aldehydes is 1. The molecule has 0 unspecified atom stereocenters. The van der Waals surface area contributed by atoms with Gasteiger partial charge in [-0.3, -0.25) is 9.59 Å². The summed E-state index contributed by atoms with van der Waals surface area (Å²) >= 11 is 0. The number of hydrogen-bond donors (Lipinski definition) is 2. The summed E-state index contributed by atoms with van der Waals surface area (Å²) in [5, 5.41) is 4.57. The van der Waals surface area contributed by atoms with Crippen molar-refractivity contribution in [3.63, 3.8) is 0 Å². The van der Waals surface area contributed by atoms with Crippen molar-refractivity contribution in [2.75, 3.05) is 18.2 Å². The quantitative estimate of drug-likeness (QED) is 0.268. The summed E-state index contributed by atoms with van der Waals surface area (Å²) in [6.45, 7) is 0. The van der Waals surface area contributed by atoms with Crippen LogP contribution in [0.1, 0.15) is 16.1 Å². The Kier molecular flexibility index (Phi) is 5.54. The third kappa shape index (κ3) is 3.80. The Morgan fingerprint density at radius 3 is 2.80 bits per heavy atom. The molecule has 8 heteroatoms. The highest BCUT2D eigenvalue weighted by atomic mass is 16.5. The second kappa shape index (κ2) is 8.83. The Morgan fingerprint density at radius 2 is 2.03 bits per heavy atom. The van der Waals surface area contributed by atoms with Gasteiger partial charge in [-0.05, 0) is 42.0 Å². The normalized spacial score (nSPS) is 11.4. The first-order valence-electron chi connectivity index (χ1n) is 10.8. The highest BCUT2D eigenvalue weighted by molar-refractivity contribution is 6.08. The van der Waals surface area contributed by atoms with E-state index in [1.54, 1.807) is 30.7 Å². The van der Waals surface area contributed by atoms with E-state index in [1.807, 2.05) is 48.0 Å². The van der Waals surface area contributed by atoms with Crippen LogP contribution in [0.2, 0.25) is 0 Å². The van der Waals surface area contributed by atoms with E-state index in [1.165, 1.54) is 13.2 Å². The summed E-state index contributed by atoms with van der Waals surface area (Å²) in [5.41, 5.74) is 10.8. The number of ether oxygens (including phenoxy) is 1. The fourth-order valence-corrected chi connectivity index (χ4v) is 4.22. The van der Waals surface area contributed by atoms with Gasteiger partial charge in [-0.1, -0.05) is 24.3 Å². The standard InChI is InChI=1S/C27H22N4O4/c1-31-21-8-4-3-6-17(21)12-22(31)27(33)30-20-10-9-16(13-23(20)34-2)19-15-35-25-18(7-5-11-32)14-29-26(28)24(19)25/h3-15H,1-2H3,(H2,28,29)(H,30,33). The van der Waals surface area contributed by atoms with Gasteiger partial charge in [0.25, 0.3) is 5.91 Å². The van der Waals surface area contributed by atoms with E-state index in [4.69, 9.17) is 14.9 Å². The maximum Gasteiger partial charge on any atom is 0.272 e. The first-order valence-corrected chi connectivity index (χ1v) is 10.8. The number of pyridine rings is 1. The number of benzene rings is 2. The lowest BCUT2D eigenvalue weighted by molar-refractivity contribution is -0.104. The molecule has 0 fully saturated rings. The second-order valence-electron chi connectivity index (χ2n) is 7.96. The van der Waals surface area contributed by atoms with Crippen LogP contribution in [0.15, 0.2) is 71.5 Å². The van der Waals surface area contributed by atoms with E-state index >= 15 is 0 Å². The molecule has 174 valence electrons. The molecule has 0 saturated heterocycles. The Hall–Kier alpha value is -4.85. The fraction of sp³-hybridized carbons (Fsp3) is 0.0741. The molecule has 0 aliphatic carbocycles. The number of amides is 1. The number of rotatable bonds is 6. The predicted octanol–water partition coefficient (Wildman–Crippen LogP) is 5.04. The molecular weight excluding hydrogens is 444 g/mol.